The predicted octanol–water partition coefficient (Wildman–Crippen LogP) is 3.14. The number of nitrogens with zero attached hydrogens (tertiary/aromatic N) is 1. The van der Waals surface area contributed by atoms with Gasteiger partial charge in [0.15, 0.2) is 17.8 Å². The number of benzene rings is 1. The number of esters is 1. The van der Waals surface area contributed by atoms with Gasteiger partial charge in [0.2, 0.25) is 0 Å². The van der Waals surface area contributed by atoms with Crippen LogP contribution in [-0.2, 0) is 4.74 Å². The quantitative estimate of drug-likeness (QED) is 0.779. The minimum Gasteiger partial charge on any atom is -0.461 e. The molecule has 4 nitrogen and oxygen atoms in total. The van der Waals surface area contributed by atoms with Crippen LogP contribution in [0.4, 0.5) is 0 Å². The molecule has 0 spiro atoms. The average Bonchev–Trinajstić information content (AvgIpc) is 2.82. The highest BCUT2D eigenvalue weighted by atomic mass is 16.5. The topological polar surface area (TPSA) is 52.3 Å². The molecule has 2 rings (SSSR count). The van der Waals surface area contributed by atoms with Crippen molar-refractivity contribution in [3.8, 4) is 11.3 Å². The van der Waals surface area contributed by atoms with Gasteiger partial charge in [-0.3, -0.25) is 0 Å². The molecule has 0 bridgehead atoms. The van der Waals surface area contributed by atoms with E-state index in [0.717, 1.165) is 11.1 Å². The van der Waals surface area contributed by atoms with Crippen LogP contribution in [0.2, 0.25) is 0 Å². The van der Waals surface area contributed by atoms with Gasteiger partial charge in [-0.05, 0) is 38.0 Å². The number of aromatic nitrogens is 1. The van der Waals surface area contributed by atoms with E-state index in [1.165, 1.54) is 12.0 Å². The third kappa shape index (κ3) is 2.27. The maximum atomic E-state index is 11.7. The van der Waals surface area contributed by atoms with Gasteiger partial charge in [0.1, 0.15) is 0 Å². The third-order valence-electron chi connectivity index (χ3n) is 2.81. The van der Waals surface area contributed by atoms with E-state index in [4.69, 9.17) is 9.15 Å². The summed E-state index contributed by atoms with van der Waals surface area (Å²) in [6.45, 7) is 6.12. The van der Waals surface area contributed by atoms with Crippen LogP contribution >= 0.6 is 0 Å². The molecule has 0 aliphatic heterocycles. The largest absolute Gasteiger partial charge is 0.461 e. The molecule has 18 heavy (non-hydrogen) atoms. The summed E-state index contributed by atoms with van der Waals surface area (Å²) >= 11 is 0. The molecule has 0 amide bonds. The normalized spacial score (nSPS) is 10.4. The van der Waals surface area contributed by atoms with E-state index >= 15 is 0 Å². The van der Waals surface area contributed by atoms with E-state index in [1.54, 1.807) is 6.92 Å². The summed E-state index contributed by atoms with van der Waals surface area (Å²) in [7, 11) is 0. The van der Waals surface area contributed by atoms with Gasteiger partial charge in [-0.25, -0.2) is 9.78 Å². The molecule has 0 aliphatic carbocycles. The fraction of sp³-hybridized carbons (Fsp3) is 0.286. The molecule has 0 atom stereocenters. The summed E-state index contributed by atoms with van der Waals surface area (Å²) in [6, 6.07) is 5.87. The maximum Gasteiger partial charge on any atom is 0.360 e. The Kier molecular flexibility index (Phi) is 3.46. The number of oxazole rings is 1. The lowest BCUT2D eigenvalue weighted by Gasteiger charge is -2.04. The number of hydrogen-bond donors (Lipinski definition) is 0. The van der Waals surface area contributed by atoms with Crippen molar-refractivity contribution in [3.63, 3.8) is 0 Å². The Morgan fingerprint density at radius 3 is 2.78 bits per heavy atom. The summed E-state index contributed by atoms with van der Waals surface area (Å²) in [4.78, 5) is 15.6. The standard InChI is InChI=1S/C14H15NO3/c1-4-17-14(16)12-13(18-8-15-12)11-6-5-9(2)10(3)7-11/h5-8H,4H2,1-3H3. The molecule has 1 heterocycles. The first-order valence-corrected chi connectivity index (χ1v) is 5.81. The predicted molar refractivity (Wildman–Crippen MR) is 67.4 cm³/mol. The number of carbonyl (C=O) groups is 1. The van der Waals surface area contributed by atoms with Crippen molar-refractivity contribution in [1.29, 1.82) is 0 Å². The van der Waals surface area contributed by atoms with Crippen LogP contribution in [0.3, 0.4) is 0 Å². The van der Waals surface area contributed by atoms with Gasteiger partial charge in [-0.15, -0.1) is 0 Å². The highest BCUT2D eigenvalue weighted by Crippen LogP contribution is 2.25. The SMILES string of the molecule is CCOC(=O)c1ncoc1-c1ccc(C)c(C)c1. The van der Waals surface area contributed by atoms with Gasteiger partial charge in [0.05, 0.1) is 6.61 Å². The molecule has 4 heteroatoms. The number of aryl methyl sites for hydroxylation is 2. The average molecular weight is 245 g/mol. The van der Waals surface area contributed by atoms with E-state index in [1.807, 2.05) is 32.0 Å². The molecule has 0 N–H and O–H groups in total. The maximum absolute atomic E-state index is 11.7. The first-order valence-electron chi connectivity index (χ1n) is 5.81. The first-order chi connectivity index (χ1) is 8.63. The Balaban J connectivity index is 2.42. The van der Waals surface area contributed by atoms with Crippen molar-refractivity contribution >= 4 is 5.97 Å². The molecular weight excluding hydrogens is 230 g/mol. The Morgan fingerprint density at radius 2 is 2.11 bits per heavy atom. The molecule has 0 saturated heterocycles. The van der Waals surface area contributed by atoms with E-state index in [2.05, 4.69) is 4.98 Å². The molecule has 1 aromatic carbocycles. The lowest BCUT2D eigenvalue weighted by molar-refractivity contribution is 0.0520. The van der Waals surface area contributed by atoms with Crippen molar-refractivity contribution in [2.45, 2.75) is 20.8 Å². The second kappa shape index (κ2) is 5.04. The number of carbonyl (C=O) groups excluding carboxylic acids is 1. The second-order valence-corrected chi connectivity index (χ2v) is 4.05. The molecule has 0 aliphatic rings. The van der Waals surface area contributed by atoms with Gasteiger partial charge in [0.25, 0.3) is 0 Å². The van der Waals surface area contributed by atoms with Crippen molar-refractivity contribution in [2.75, 3.05) is 6.61 Å². The van der Waals surface area contributed by atoms with Crippen molar-refractivity contribution in [2.24, 2.45) is 0 Å². The zero-order valence-corrected chi connectivity index (χ0v) is 10.7. The molecular formula is C14H15NO3. The first kappa shape index (κ1) is 12.4. The summed E-state index contributed by atoms with van der Waals surface area (Å²) in [5.41, 5.74) is 3.38. The number of rotatable bonds is 3. The lowest BCUT2D eigenvalue weighted by Crippen LogP contribution is -2.06. The van der Waals surface area contributed by atoms with Crippen LogP contribution in [0.25, 0.3) is 11.3 Å². The Labute approximate surface area is 106 Å². The smallest absolute Gasteiger partial charge is 0.360 e. The molecule has 1 aromatic heterocycles. The van der Waals surface area contributed by atoms with Crippen LogP contribution < -0.4 is 0 Å². The summed E-state index contributed by atoms with van der Waals surface area (Å²) in [6.07, 6.45) is 1.26. The molecule has 2 aromatic rings. The fourth-order valence-electron chi connectivity index (χ4n) is 1.68. The van der Waals surface area contributed by atoms with Gasteiger partial charge >= 0.3 is 5.97 Å². The fourth-order valence-corrected chi connectivity index (χ4v) is 1.68. The zero-order chi connectivity index (χ0) is 13.1. The number of hydrogen-bond acceptors (Lipinski definition) is 4. The summed E-state index contributed by atoms with van der Waals surface area (Å²) in [5, 5.41) is 0. The van der Waals surface area contributed by atoms with Crippen molar-refractivity contribution < 1.29 is 13.9 Å². The molecule has 0 radical (unpaired) electrons. The summed E-state index contributed by atoms with van der Waals surface area (Å²) < 4.78 is 10.2. The Bertz CT molecular complexity index is 572. The third-order valence-corrected chi connectivity index (χ3v) is 2.81. The van der Waals surface area contributed by atoms with Crippen LogP contribution in [0.1, 0.15) is 28.5 Å². The van der Waals surface area contributed by atoms with Gasteiger partial charge < -0.3 is 9.15 Å². The van der Waals surface area contributed by atoms with Gasteiger partial charge in [-0.1, -0.05) is 12.1 Å². The van der Waals surface area contributed by atoms with E-state index in [9.17, 15) is 4.79 Å². The highest BCUT2D eigenvalue weighted by Gasteiger charge is 2.19. The zero-order valence-electron chi connectivity index (χ0n) is 10.7. The molecule has 0 fully saturated rings. The minimum absolute atomic E-state index is 0.222. The number of ether oxygens (including phenoxy) is 1. The van der Waals surface area contributed by atoms with Crippen molar-refractivity contribution in [1.82, 2.24) is 4.98 Å². The van der Waals surface area contributed by atoms with E-state index in [-0.39, 0.29) is 5.69 Å². The Hall–Kier alpha value is -2.10. The van der Waals surface area contributed by atoms with Crippen LogP contribution in [-0.4, -0.2) is 17.6 Å². The van der Waals surface area contributed by atoms with Crippen LogP contribution in [0.5, 0.6) is 0 Å². The van der Waals surface area contributed by atoms with Crippen LogP contribution in [0.15, 0.2) is 29.0 Å². The van der Waals surface area contributed by atoms with Gasteiger partial charge in [-0.2, -0.15) is 0 Å². The Morgan fingerprint density at radius 1 is 1.33 bits per heavy atom. The van der Waals surface area contributed by atoms with Gasteiger partial charge in [0, 0.05) is 5.56 Å². The van der Waals surface area contributed by atoms with E-state index < -0.39 is 5.97 Å². The summed E-state index contributed by atoms with van der Waals surface area (Å²) in [5.74, 6) is -0.00368. The highest BCUT2D eigenvalue weighted by molar-refractivity contribution is 5.93. The van der Waals surface area contributed by atoms with Crippen LogP contribution in [0, 0.1) is 13.8 Å². The minimum atomic E-state index is -0.459. The van der Waals surface area contributed by atoms with E-state index in [0.29, 0.717) is 12.4 Å². The lowest BCUT2D eigenvalue weighted by atomic mass is 10.0. The second-order valence-electron chi connectivity index (χ2n) is 4.05. The molecule has 0 unspecified atom stereocenters. The van der Waals surface area contributed by atoms with Crippen molar-refractivity contribution in [3.05, 3.63) is 41.4 Å². The molecule has 94 valence electrons. The molecule has 0 saturated carbocycles. The monoisotopic (exact) mass is 245 g/mol.